The van der Waals surface area contributed by atoms with E-state index in [-0.39, 0.29) is 18.9 Å². The van der Waals surface area contributed by atoms with E-state index in [1.54, 1.807) is 36.4 Å². The first-order chi connectivity index (χ1) is 17.7. The van der Waals surface area contributed by atoms with Crippen molar-refractivity contribution in [3.8, 4) is 0 Å². The first-order valence-corrected chi connectivity index (χ1v) is 12.0. The van der Waals surface area contributed by atoms with Gasteiger partial charge in [0.1, 0.15) is 30.6 Å². The van der Waals surface area contributed by atoms with Crippen LogP contribution in [-0.2, 0) is 36.9 Å². The highest BCUT2D eigenvalue weighted by Gasteiger charge is 2.26. The molecule has 0 fully saturated rings. The van der Waals surface area contributed by atoms with Gasteiger partial charge in [-0.3, -0.25) is 30.0 Å². The quantitative estimate of drug-likeness (QED) is 0.214. The van der Waals surface area contributed by atoms with E-state index in [9.17, 15) is 24.0 Å². The summed E-state index contributed by atoms with van der Waals surface area (Å²) < 4.78 is 5.09. The molecule has 3 atom stereocenters. The van der Waals surface area contributed by atoms with Gasteiger partial charge in [-0.05, 0) is 25.0 Å². The first-order valence-electron chi connectivity index (χ1n) is 11.5. The molecule has 12 heteroatoms. The molecule has 2 aromatic carbocycles. The zero-order valence-corrected chi connectivity index (χ0v) is 21.2. The van der Waals surface area contributed by atoms with Gasteiger partial charge in [-0.1, -0.05) is 60.7 Å². The van der Waals surface area contributed by atoms with E-state index in [0.29, 0.717) is 0 Å². The molecule has 11 nitrogen and oxygen atoms in total. The molecule has 2 aromatic rings. The normalized spacial score (nSPS) is 12.7. The minimum atomic E-state index is -1.06. The summed E-state index contributed by atoms with van der Waals surface area (Å²) in [5.74, 6) is -2.93. The fourth-order valence-corrected chi connectivity index (χ4v) is 3.09. The third-order valence-electron chi connectivity index (χ3n) is 5.05. The number of hydrogen-bond acceptors (Lipinski definition) is 6. The highest BCUT2D eigenvalue weighted by Crippen LogP contribution is 2.04. The molecule has 198 valence electrons. The second kappa shape index (κ2) is 15.1. The van der Waals surface area contributed by atoms with Crippen molar-refractivity contribution in [3.05, 3.63) is 71.8 Å². The van der Waals surface area contributed by atoms with Crippen molar-refractivity contribution >= 4 is 41.3 Å². The number of amides is 5. The Kier molecular flexibility index (Phi) is 11.9. The largest absolute Gasteiger partial charge is 0.445 e. The van der Waals surface area contributed by atoms with E-state index >= 15 is 0 Å². The Morgan fingerprint density at radius 3 is 1.86 bits per heavy atom. The van der Waals surface area contributed by atoms with Gasteiger partial charge in [0, 0.05) is 6.42 Å². The van der Waals surface area contributed by atoms with Gasteiger partial charge in [0.05, 0.1) is 0 Å². The summed E-state index contributed by atoms with van der Waals surface area (Å²) in [6.07, 6.45) is -0.664. The second-order valence-corrected chi connectivity index (χ2v) is 8.35. The van der Waals surface area contributed by atoms with Gasteiger partial charge in [0.15, 0.2) is 0 Å². The van der Waals surface area contributed by atoms with Crippen molar-refractivity contribution in [2.24, 2.45) is 0 Å². The number of hydrogen-bond donors (Lipinski definition) is 5. The van der Waals surface area contributed by atoms with Crippen LogP contribution in [0.5, 0.6) is 0 Å². The van der Waals surface area contributed by atoms with E-state index < -0.39 is 47.8 Å². The number of ether oxygens (including phenoxy) is 1. The van der Waals surface area contributed by atoms with Gasteiger partial charge in [-0.15, -0.1) is 11.6 Å². The van der Waals surface area contributed by atoms with Crippen LogP contribution >= 0.6 is 11.6 Å². The van der Waals surface area contributed by atoms with Gasteiger partial charge in [0.25, 0.3) is 11.8 Å². The summed E-state index contributed by atoms with van der Waals surface area (Å²) in [7, 11) is 0. The number of alkyl carbamates (subject to hydrolysis) is 1. The molecule has 0 aliphatic carbocycles. The summed E-state index contributed by atoms with van der Waals surface area (Å²) in [6, 6.07) is 14.9. The predicted octanol–water partition coefficient (Wildman–Crippen LogP) is 0.920. The molecule has 0 spiro atoms. The number of carbonyl (C=O) groups excluding carboxylic acids is 5. The van der Waals surface area contributed by atoms with Gasteiger partial charge in [-0.25, -0.2) is 4.79 Å². The van der Waals surface area contributed by atoms with Crippen LogP contribution in [-0.4, -0.2) is 53.7 Å². The number of halogens is 1. The number of benzene rings is 2. The third-order valence-corrected chi connectivity index (χ3v) is 5.30. The van der Waals surface area contributed by atoms with Crippen molar-refractivity contribution in [2.45, 2.75) is 45.0 Å². The minimum absolute atomic E-state index is 0.0377. The van der Waals surface area contributed by atoms with Crippen LogP contribution in [0.25, 0.3) is 0 Å². The summed E-state index contributed by atoms with van der Waals surface area (Å²) in [6.45, 7) is 2.91. The first kappa shape index (κ1) is 29.1. The maximum absolute atomic E-state index is 12.8. The Hall–Kier alpha value is -4.12. The highest BCUT2D eigenvalue weighted by molar-refractivity contribution is 6.27. The van der Waals surface area contributed by atoms with Crippen molar-refractivity contribution in [2.75, 3.05) is 5.88 Å². The topological polar surface area (TPSA) is 155 Å². The Labute approximate surface area is 219 Å². The highest BCUT2D eigenvalue weighted by atomic mass is 35.5. The van der Waals surface area contributed by atoms with Crippen molar-refractivity contribution in [1.29, 1.82) is 0 Å². The Balaban J connectivity index is 1.90. The zero-order valence-electron chi connectivity index (χ0n) is 20.5. The lowest BCUT2D eigenvalue weighted by Crippen LogP contribution is -2.57. The van der Waals surface area contributed by atoms with Crippen LogP contribution in [0.1, 0.15) is 25.0 Å². The molecule has 0 saturated heterocycles. The van der Waals surface area contributed by atoms with Crippen LogP contribution in [0, 0.1) is 0 Å². The average molecular weight is 532 g/mol. The van der Waals surface area contributed by atoms with E-state index in [1.165, 1.54) is 13.8 Å². The molecule has 37 heavy (non-hydrogen) atoms. The molecular weight excluding hydrogens is 502 g/mol. The summed E-state index contributed by atoms with van der Waals surface area (Å²) in [4.78, 5) is 61.2. The fourth-order valence-electron chi connectivity index (χ4n) is 3.02. The molecule has 0 aliphatic heterocycles. The molecule has 0 radical (unpaired) electrons. The molecule has 0 bridgehead atoms. The van der Waals surface area contributed by atoms with Crippen molar-refractivity contribution in [3.63, 3.8) is 0 Å². The van der Waals surface area contributed by atoms with Gasteiger partial charge < -0.3 is 20.7 Å². The Bertz CT molecular complexity index is 1070. The van der Waals surface area contributed by atoms with Crippen LogP contribution in [0.2, 0.25) is 0 Å². The van der Waals surface area contributed by atoms with Crippen molar-refractivity contribution < 1.29 is 28.7 Å². The maximum Gasteiger partial charge on any atom is 0.408 e. The monoisotopic (exact) mass is 531 g/mol. The molecule has 0 heterocycles. The molecule has 5 N–H and O–H groups in total. The molecule has 0 aliphatic rings. The number of rotatable bonds is 11. The van der Waals surface area contributed by atoms with E-state index in [1.807, 2.05) is 24.3 Å². The maximum atomic E-state index is 12.8. The number of alkyl halides is 1. The van der Waals surface area contributed by atoms with Gasteiger partial charge in [-0.2, -0.15) is 0 Å². The Morgan fingerprint density at radius 2 is 1.27 bits per heavy atom. The summed E-state index contributed by atoms with van der Waals surface area (Å²) in [5.41, 5.74) is 5.91. The standard InChI is InChI=1S/C25H30ClN5O6/c1-16(27-22(33)17(2)28-25(36)37-15-19-11-7-4-8-12-19)23(34)29-20(13-18-9-5-3-6-10-18)24(35)31-30-21(32)14-26/h3-12,16-17,20H,13-15H2,1-2H3,(H,27,33)(H,28,36)(H,29,34)(H,30,32)(H,31,35)/t16-,17-,20-/m0/s1. The molecule has 5 amide bonds. The summed E-state index contributed by atoms with van der Waals surface area (Å²) >= 11 is 5.41. The minimum Gasteiger partial charge on any atom is -0.445 e. The lowest BCUT2D eigenvalue weighted by Gasteiger charge is -2.22. The van der Waals surface area contributed by atoms with Gasteiger partial charge >= 0.3 is 6.09 Å². The van der Waals surface area contributed by atoms with Gasteiger partial charge in [0.2, 0.25) is 11.8 Å². The smallest absolute Gasteiger partial charge is 0.408 e. The lowest BCUT2D eigenvalue weighted by molar-refractivity contribution is -0.133. The van der Waals surface area contributed by atoms with Crippen LogP contribution in [0.3, 0.4) is 0 Å². The lowest BCUT2D eigenvalue weighted by atomic mass is 10.0. The predicted molar refractivity (Wildman–Crippen MR) is 136 cm³/mol. The van der Waals surface area contributed by atoms with E-state index in [2.05, 4.69) is 26.8 Å². The van der Waals surface area contributed by atoms with Crippen LogP contribution < -0.4 is 26.8 Å². The molecule has 0 unspecified atom stereocenters. The number of nitrogens with one attached hydrogen (secondary N) is 5. The zero-order chi connectivity index (χ0) is 27.2. The van der Waals surface area contributed by atoms with Crippen LogP contribution in [0.15, 0.2) is 60.7 Å². The van der Waals surface area contributed by atoms with Crippen LogP contribution in [0.4, 0.5) is 4.79 Å². The van der Waals surface area contributed by atoms with E-state index in [0.717, 1.165) is 11.1 Å². The third kappa shape index (κ3) is 10.6. The Morgan fingerprint density at radius 1 is 0.730 bits per heavy atom. The van der Waals surface area contributed by atoms with Crippen molar-refractivity contribution in [1.82, 2.24) is 26.8 Å². The molecule has 2 rings (SSSR count). The SMILES string of the molecule is C[C@H](NC(=O)OCc1ccccc1)C(=O)N[C@@H](C)C(=O)N[C@@H](Cc1ccccc1)C(=O)NNC(=O)CCl. The second-order valence-electron chi connectivity index (χ2n) is 8.08. The molecule has 0 aromatic heterocycles. The average Bonchev–Trinajstić information content (AvgIpc) is 2.90. The number of carbonyl (C=O) groups is 5. The number of hydrazine groups is 1. The fraction of sp³-hybridized carbons (Fsp3) is 0.320. The summed E-state index contributed by atoms with van der Waals surface area (Å²) in [5, 5.41) is 7.45. The molecule has 0 saturated carbocycles. The van der Waals surface area contributed by atoms with E-state index in [4.69, 9.17) is 16.3 Å². The molecular formula is C25H30ClN5O6.